The SMILES string of the molecule is Cn1nc(Cn2ccc(CN)n2)c2ccccc21. The van der Waals surface area contributed by atoms with Gasteiger partial charge in [-0.25, -0.2) is 0 Å². The molecule has 2 N–H and O–H groups in total. The van der Waals surface area contributed by atoms with Gasteiger partial charge in [0.05, 0.1) is 23.4 Å². The number of rotatable bonds is 3. The molecule has 92 valence electrons. The molecule has 0 aliphatic heterocycles. The highest BCUT2D eigenvalue weighted by atomic mass is 15.3. The normalized spacial score (nSPS) is 11.2. The van der Waals surface area contributed by atoms with Crippen molar-refractivity contribution < 1.29 is 0 Å². The first-order valence-corrected chi connectivity index (χ1v) is 5.91. The van der Waals surface area contributed by atoms with Crippen LogP contribution in [0.15, 0.2) is 36.5 Å². The Morgan fingerprint density at radius 1 is 1.17 bits per heavy atom. The lowest BCUT2D eigenvalue weighted by Crippen LogP contribution is -2.04. The first-order valence-electron chi connectivity index (χ1n) is 5.91. The van der Waals surface area contributed by atoms with Crippen molar-refractivity contribution in [1.82, 2.24) is 19.6 Å². The first-order chi connectivity index (χ1) is 8.78. The maximum Gasteiger partial charge on any atom is 0.0918 e. The number of aromatic nitrogens is 4. The zero-order valence-electron chi connectivity index (χ0n) is 10.2. The van der Waals surface area contributed by atoms with Gasteiger partial charge >= 0.3 is 0 Å². The zero-order valence-corrected chi connectivity index (χ0v) is 10.2. The summed E-state index contributed by atoms with van der Waals surface area (Å²) >= 11 is 0. The maximum absolute atomic E-state index is 5.56. The molecule has 0 amide bonds. The van der Waals surface area contributed by atoms with E-state index < -0.39 is 0 Å². The number of hydrogen-bond acceptors (Lipinski definition) is 3. The van der Waals surface area contributed by atoms with Crippen LogP contribution in [0.25, 0.3) is 10.9 Å². The Morgan fingerprint density at radius 2 is 2.00 bits per heavy atom. The molecule has 0 aliphatic rings. The topological polar surface area (TPSA) is 61.7 Å². The Bertz CT molecular complexity index is 680. The number of para-hydroxylation sites is 1. The Morgan fingerprint density at radius 3 is 2.78 bits per heavy atom. The monoisotopic (exact) mass is 241 g/mol. The number of nitrogens with zero attached hydrogens (tertiary/aromatic N) is 4. The van der Waals surface area contributed by atoms with Crippen molar-refractivity contribution in [3.05, 3.63) is 47.9 Å². The Balaban J connectivity index is 1.99. The Hall–Kier alpha value is -2.14. The maximum atomic E-state index is 5.56. The predicted octanol–water partition coefficient (Wildman–Crippen LogP) is 1.28. The third kappa shape index (κ3) is 1.78. The molecule has 3 rings (SSSR count). The third-order valence-corrected chi connectivity index (χ3v) is 3.05. The molecule has 0 spiro atoms. The fourth-order valence-electron chi connectivity index (χ4n) is 2.16. The van der Waals surface area contributed by atoms with E-state index >= 15 is 0 Å². The Labute approximate surface area is 105 Å². The molecule has 0 saturated carbocycles. The second-order valence-corrected chi connectivity index (χ2v) is 4.30. The van der Waals surface area contributed by atoms with Crippen LogP contribution in [-0.2, 0) is 20.1 Å². The van der Waals surface area contributed by atoms with E-state index in [9.17, 15) is 0 Å². The van der Waals surface area contributed by atoms with Crippen molar-refractivity contribution >= 4 is 10.9 Å². The molecule has 3 aromatic rings. The van der Waals surface area contributed by atoms with Crippen molar-refractivity contribution in [3.63, 3.8) is 0 Å². The minimum absolute atomic E-state index is 0.468. The zero-order chi connectivity index (χ0) is 12.5. The van der Waals surface area contributed by atoms with Gasteiger partial charge < -0.3 is 5.73 Å². The summed E-state index contributed by atoms with van der Waals surface area (Å²) in [6.07, 6.45) is 1.94. The lowest BCUT2D eigenvalue weighted by atomic mass is 10.2. The van der Waals surface area contributed by atoms with Crippen LogP contribution in [0.4, 0.5) is 0 Å². The van der Waals surface area contributed by atoms with Crippen molar-refractivity contribution in [2.45, 2.75) is 13.1 Å². The number of hydrogen-bond donors (Lipinski definition) is 1. The molecule has 0 atom stereocenters. The average molecular weight is 241 g/mol. The summed E-state index contributed by atoms with van der Waals surface area (Å²) in [5, 5.41) is 10.1. The minimum Gasteiger partial charge on any atom is -0.325 e. The molecule has 0 radical (unpaired) electrons. The molecular formula is C13H15N5. The van der Waals surface area contributed by atoms with Crippen LogP contribution < -0.4 is 5.73 Å². The molecule has 2 heterocycles. The number of aryl methyl sites for hydroxylation is 1. The molecule has 0 saturated heterocycles. The third-order valence-electron chi connectivity index (χ3n) is 3.05. The second-order valence-electron chi connectivity index (χ2n) is 4.30. The fraction of sp³-hybridized carbons (Fsp3) is 0.231. The van der Waals surface area contributed by atoms with Gasteiger partial charge in [-0.15, -0.1) is 0 Å². The van der Waals surface area contributed by atoms with Gasteiger partial charge in [-0.05, 0) is 12.1 Å². The highest BCUT2D eigenvalue weighted by Gasteiger charge is 2.08. The number of fused-ring (bicyclic) bond motifs is 1. The largest absolute Gasteiger partial charge is 0.325 e. The minimum atomic E-state index is 0.468. The van der Waals surface area contributed by atoms with Crippen LogP contribution in [0.5, 0.6) is 0 Å². The molecule has 18 heavy (non-hydrogen) atoms. The molecule has 2 aromatic heterocycles. The highest BCUT2D eigenvalue weighted by Crippen LogP contribution is 2.18. The van der Waals surface area contributed by atoms with Gasteiger partial charge in [0, 0.05) is 25.2 Å². The van der Waals surface area contributed by atoms with Gasteiger partial charge in [0.25, 0.3) is 0 Å². The van der Waals surface area contributed by atoms with Crippen LogP contribution >= 0.6 is 0 Å². The molecule has 0 aliphatic carbocycles. The summed E-state index contributed by atoms with van der Waals surface area (Å²) in [5.74, 6) is 0. The molecule has 5 heteroatoms. The Kier molecular flexibility index (Phi) is 2.60. The molecule has 0 unspecified atom stereocenters. The fourth-order valence-corrected chi connectivity index (χ4v) is 2.16. The van der Waals surface area contributed by atoms with Crippen LogP contribution in [0, 0.1) is 0 Å². The molecule has 0 fully saturated rings. The molecular weight excluding hydrogens is 226 g/mol. The molecule has 5 nitrogen and oxygen atoms in total. The summed E-state index contributed by atoms with van der Waals surface area (Å²) in [6.45, 7) is 1.14. The van der Waals surface area contributed by atoms with E-state index in [1.807, 2.05) is 40.8 Å². The van der Waals surface area contributed by atoms with E-state index in [1.165, 1.54) is 5.39 Å². The molecule has 0 bridgehead atoms. The summed E-state index contributed by atoms with van der Waals surface area (Å²) < 4.78 is 3.77. The van der Waals surface area contributed by atoms with E-state index in [2.05, 4.69) is 22.3 Å². The van der Waals surface area contributed by atoms with Crippen molar-refractivity contribution in [3.8, 4) is 0 Å². The van der Waals surface area contributed by atoms with Crippen LogP contribution in [0.3, 0.4) is 0 Å². The van der Waals surface area contributed by atoms with Gasteiger partial charge in [-0.1, -0.05) is 18.2 Å². The number of nitrogens with two attached hydrogens (primary N) is 1. The van der Waals surface area contributed by atoms with Gasteiger partial charge in [0.1, 0.15) is 0 Å². The van der Waals surface area contributed by atoms with E-state index in [-0.39, 0.29) is 0 Å². The second kappa shape index (κ2) is 4.27. The van der Waals surface area contributed by atoms with Crippen molar-refractivity contribution in [2.75, 3.05) is 0 Å². The number of benzene rings is 1. The summed E-state index contributed by atoms with van der Waals surface area (Å²) in [4.78, 5) is 0. The summed E-state index contributed by atoms with van der Waals surface area (Å²) in [6, 6.07) is 10.1. The summed E-state index contributed by atoms with van der Waals surface area (Å²) in [7, 11) is 1.96. The smallest absolute Gasteiger partial charge is 0.0918 e. The van der Waals surface area contributed by atoms with E-state index in [1.54, 1.807) is 0 Å². The quantitative estimate of drug-likeness (QED) is 0.751. The predicted molar refractivity (Wildman–Crippen MR) is 69.9 cm³/mol. The summed E-state index contributed by atoms with van der Waals surface area (Å²) in [5.41, 5.74) is 8.62. The van der Waals surface area contributed by atoms with E-state index in [4.69, 9.17) is 5.73 Å². The van der Waals surface area contributed by atoms with Gasteiger partial charge in [-0.3, -0.25) is 9.36 Å². The van der Waals surface area contributed by atoms with Crippen LogP contribution in [0.2, 0.25) is 0 Å². The first kappa shape index (κ1) is 11.0. The molecule has 1 aromatic carbocycles. The van der Waals surface area contributed by atoms with Gasteiger partial charge in [0.2, 0.25) is 0 Å². The highest BCUT2D eigenvalue weighted by molar-refractivity contribution is 5.81. The standard InChI is InChI=1S/C13H15N5/c1-17-13-5-3-2-4-11(13)12(16-17)9-18-7-6-10(8-14)15-18/h2-7H,8-9,14H2,1H3. The lowest BCUT2D eigenvalue weighted by molar-refractivity contribution is 0.645. The van der Waals surface area contributed by atoms with Crippen LogP contribution in [0.1, 0.15) is 11.4 Å². The van der Waals surface area contributed by atoms with Gasteiger partial charge in [0.15, 0.2) is 0 Å². The van der Waals surface area contributed by atoms with Crippen molar-refractivity contribution in [1.29, 1.82) is 0 Å². The van der Waals surface area contributed by atoms with E-state index in [0.29, 0.717) is 13.1 Å². The van der Waals surface area contributed by atoms with E-state index in [0.717, 1.165) is 16.9 Å². The lowest BCUT2D eigenvalue weighted by Gasteiger charge is -1.98. The van der Waals surface area contributed by atoms with Crippen molar-refractivity contribution in [2.24, 2.45) is 12.8 Å². The van der Waals surface area contributed by atoms with Crippen LogP contribution in [-0.4, -0.2) is 19.6 Å². The van der Waals surface area contributed by atoms with Gasteiger partial charge in [-0.2, -0.15) is 10.2 Å². The average Bonchev–Trinajstić information content (AvgIpc) is 2.97.